The molecule has 1 fully saturated rings. The number of carbonyl (C=O) groups is 1. The van der Waals surface area contributed by atoms with Crippen molar-refractivity contribution in [3.63, 3.8) is 0 Å². The lowest BCUT2D eigenvalue weighted by molar-refractivity contribution is -0.131. The molecule has 1 aliphatic rings. The van der Waals surface area contributed by atoms with Crippen molar-refractivity contribution in [2.24, 2.45) is 0 Å². The molecule has 1 amide bonds. The van der Waals surface area contributed by atoms with E-state index < -0.39 is 11.1 Å². The highest BCUT2D eigenvalue weighted by atomic mass is 16.2. The van der Waals surface area contributed by atoms with Crippen LogP contribution in [0.5, 0.6) is 0 Å². The molecule has 3 N–H and O–H groups in total. The Morgan fingerprint density at radius 3 is 2.96 bits per heavy atom. The molecule has 3 aromatic rings. The van der Waals surface area contributed by atoms with Gasteiger partial charge < -0.3 is 9.88 Å². The second kappa shape index (κ2) is 6.86. The number of rotatable bonds is 3. The van der Waals surface area contributed by atoms with E-state index in [1.54, 1.807) is 4.90 Å². The van der Waals surface area contributed by atoms with Crippen LogP contribution in [0.2, 0.25) is 0 Å². The van der Waals surface area contributed by atoms with E-state index in [1.807, 2.05) is 19.1 Å². The first kappa shape index (κ1) is 17.3. The third-order valence-corrected chi connectivity index (χ3v) is 5.05. The Balaban J connectivity index is 1.51. The lowest BCUT2D eigenvalue weighted by Crippen LogP contribution is -2.41. The van der Waals surface area contributed by atoms with Crippen molar-refractivity contribution in [3.8, 4) is 0 Å². The van der Waals surface area contributed by atoms with E-state index in [-0.39, 0.29) is 23.8 Å². The molecule has 1 atom stereocenters. The molecule has 3 heterocycles. The number of nitrogens with one attached hydrogen (secondary N) is 3. The third kappa shape index (κ3) is 3.55. The Hall–Kier alpha value is -3.16. The van der Waals surface area contributed by atoms with Crippen LogP contribution in [-0.2, 0) is 11.2 Å². The topological polar surface area (TPSA) is 115 Å². The third-order valence-electron chi connectivity index (χ3n) is 5.05. The summed E-state index contributed by atoms with van der Waals surface area (Å²) in [6, 6.07) is 7.27. The fourth-order valence-electron chi connectivity index (χ4n) is 3.63. The highest BCUT2D eigenvalue weighted by Gasteiger charge is 2.27. The number of piperidine rings is 1. The van der Waals surface area contributed by atoms with Gasteiger partial charge in [-0.2, -0.15) is 0 Å². The van der Waals surface area contributed by atoms with Crippen LogP contribution >= 0.6 is 0 Å². The number of imidazole rings is 1. The molecular formula is C19H21N5O3. The van der Waals surface area contributed by atoms with Crippen molar-refractivity contribution in [1.82, 2.24) is 25.1 Å². The van der Waals surface area contributed by atoms with E-state index in [9.17, 15) is 14.4 Å². The lowest BCUT2D eigenvalue weighted by Gasteiger charge is -2.31. The average Bonchev–Trinajstić information content (AvgIpc) is 3.08. The van der Waals surface area contributed by atoms with E-state index in [1.165, 1.54) is 11.6 Å². The van der Waals surface area contributed by atoms with Gasteiger partial charge in [0.1, 0.15) is 5.82 Å². The number of aryl methyl sites for hydroxylation is 1. The summed E-state index contributed by atoms with van der Waals surface area (Å²) in [6.07, 6.45) is 1.75. The number of aromatic nitrogens is 4. The SMILES string of the molecule is Cc1ccc2nc([C@H]3CCCN(C(=O)Cc4cc(=O)[nH][nH]c4=O)C3)[nH]c2c1. The highest BCUT2D eigenvalue weighted by Crippen LogP contribution is 2.27. The monoisotopic (exact) mass is 367 g/mol. The Morgan fingerprint density at radius 2 is 2.11 bits per heavy atom. The van der Waals surface area contributed by atoms with Gasteiger partial charge >= 0.3 is 0 Å². The Kier molecular flexibility index (Phi) is 4.39. The second-order valence-corrected chi connectivity index (χ2v) is 7.11. The molecule has 0 aliphatic carbocycles. The normalized spacial score (nSPS) is 17.4. The van der Waals surface area contributed by atoms with Crippen LogP contribution in [0.1, 0.15) is 35.7 Å². The summed E-state index contributed by atoms with van der Waals surface area (Å²) in [5.74, 6) is 0.873. The molecule has 27 heavy (non-hydrogen) atoms. The number of amides is 1. The second-order valence-electron chi connectivity index (χ2n) is 7.11. The van der Waals surface area contributed by atoms with Gasteiger partial charge in [0.25, 0.3) is 11.1 Å². The maximum atomic E-state index is 12.7. The smallest absolute Gasteiger partial charge is 0.266 e. The van der Waals surface area contributed by atoms with Gasteiger partial charge in [0.05, 0.1) is 17.5 Å². The Bertz CT molecular complexity index is 1110. The van der Waals surface area contributed by atoms with Gasteiger partial charge in [0, 0.05) is 30.6 Å². The summed E-state index contributed by atoms with van der Waals surface area (Å²) in [7, 11) is 0. The summed E-state index contributed by atoms with van der Waals surface area (Å²) in [6.45, 7) is 3.24. The molecule has 0 saturated carbocycles. The number of carbonyl (C=O) groups excluding carboxylic acids is 1. The van der Waals surface area contributed by atoms with E-state index >= 15 is 0 Å². The molecule has 4 rings (SSSR count). The lowest BCUT2D eigenvalue weighted by atomic mass is 9.97. The molecule has 2 aromatic heterocycles. The molecule has 0 unspecified atom stereocenters. The van der Waals surface area contributed by atoms with E-state index in [0.29, 0.717) is 13.1 Å². The number of hydrogen-bond acceptors (Lipinski definition) is 4. The van der Waals surface area contributed by atoms with Gasteiger partial charge in [-0.3, -0.25) is 24.6 Å². The molecule has 1 aliphatic heterocycles. The number of nitrogens with zero attached hydrogens (tertiary/aromatic N) is 2. The molecule has 8 nitrogen and oxygen atoms in total. The molecule has 140 valence electrons. The van der Waals surface area contributed by atoms with Crippen molar-refractivity contribution >= 4 is 16.9 Å². The Morgan fingerprint density at radius 1 is 1.26 bits per heavy atom. The van der Waals surface area contributed by atoms with Gasteiger partial charge in [-0.25, -0.2) is 4.98 Å². The van der Waals surface area contributed by atoms with Gasteiger partial charge in [0.2, 0.25) is 5.91 Å². The molecular weight excluding hydrogens is 346 g/mol. The van der Waals surface area contributed by atoms with Crippen LogP contribution in [-0.4, -0.2) is 44.1 Å². The minimum Gasteiger partial charge on any atom is -0.342 e. The predicted octanol–water partition coefficient (Wildman–Crippen LogP) is 1.20. The zero-order valence-electron chi connectivity index (χ0n) is 15.0. The number of H-pyrrole nitrogens is 3. The molecule has 0 spiro atoms. The standard InChI is InChI=1S/C19H21N5O3/c1-11-4-5-14-15(7-11)21-18(20-14)12-3-2-6-24(10-12)17(26)9-13-8-16(25)22-23-19(13)27/h4-5,7-8,12H,2-3,6,9-10H2,1H3,(H,20,21)(H,22,25)(H,23,27)/t12-/m0/s1. The summed E-state index contributed by atoms with van der Waals surface area (Å²) in [5.41, 5.74) is 2.42. The van der Waals surface area contributed by atoms with Crippen molar-refractivity contribution < 1.29 is 4.79 Å². The van der Waals surface area contributed by atoms with E-state index in [2.05, 4.69) is 26.2 Å². The first-order valence-electron chi connectivity index (χ1n) is 9.04. The molecule has 1 saturated heterocycles. The zero-order valence-corrected chi connectivity index (χ0v) is 15.0. The summed E-state index contributed by atoms with van der Waals surface area (Å²) >= 11 is 0. The fraction of sp³-hybridized carbons (Fsp3) is 0.368. The highest BCUT2D eigenvalue weighted by molar-refractivity contribution is 5.79. The fourth-order valence-corrected chi connectivity index (χ4v) is 3.63. The minimum absolute atomic E-state index is 0.0781. The number of likely N-dealkylation sites (tertiary alicyclic amines) is 1. The number of hydrogen-bond donors (Lipinski definition) is 3. The van der Waals surface area contributed by atoms with Gasteiger partial charge in [-0.1, -0.05) is 6.07 Å². The Labute approximate surface area is 154 Å². The predicted molar refractivity (Wildman–Crippen MR) is 101 cm³/mol. The van der Waals surface area contributed by atoms with Crippen LogP contribution < -0.4 is 11.1 Å². The molecule has 8 heteroatoms. The first-order valence-corrected chi connectivity index (χ1v) is 9.04. The van der Waals surface area contributed by atoms with Gasteiger partial charge in [0.15, 0.2) is 0 Å². The van der Waals surface area contributed by atoms with Crippen molar-refractivity contribution in [2.45, 2.75) is 32.1 Å². The quantitative estimate of drug-likeness (QED) is 0.645. The summed E-state index contributed by atoms with van der Waals surface area (Å²) in [4.78, 5) is 45.7. The van der Waals surface area contributed by atoms with Crippen LogP contribution in [0.15, 0.2) is 33.9 Å². The van der Waals surface area contributed by atoms with Crippen molar-refractivity contribution in [1.29, 1.82) is 0 Å². The maximum Gasteiger partial charge on any atom is 0.266 e. The van der Waals surface area contributed by atoms with E-state index in [0.717, 1.165) is 29.7 Å². The summed E-state index contributed by atoms with van der Waals surface area (Å²) < 4.78 is 0. The number of benzene rings is 1. The number of aromatic amines is 3. The van der Waals surface area contributed by atoms with Crippen LogP contribution in [0.3, 0.4) is 0 Å². The maximum absolute atomic E-state index is 12.7. The van der Waals surface area contributed by atoms with Crippen LogP contribution in [0, 0.1) is 6.92 Å². The van der Waals surface area contributed by atoms with Crippen LogP contribution in [0.25, 0.3) is 11.0 Å². The molecule has 0 radical (unpaired) electrons. The van der Waals surface area contributed by atoms with Crippen molar-refractivity contribution in [2.75, 3.05) is 13.1 Å². The average molecular weight is 367 g/mol. The first-order chi connectivity index (χ1) is 13.0. The zero-order chi connectivity index (χ0) is 19.0. The summed E-state index contributed by atoms with van der Waals surface area (Å²) in [5, 5.41) is 4.46. The van der Waals surface area contributed by atoms with E-state index in [4.69, 9.17) is 0 Å². The largest absolute Gasteiger partial charge is 0.342 e. The van der Waals surface area contributed by atoms with Crippen molar-refractivity contribution in [3.05, 3.63) is 61.9 Å². The van der Waals surface area contributed by atoms with Crippen LogP contribution in [0.4, 0.5) is 0 Å². The van der Waals surface area contributed by atoms with Gasteiger partial charge in [-0.15, -0.1) is 0 Å². The number of fused-ring (bicyclic) bond motifs is 1. The molecule has 1 aromatic carbocycles. The minimum atomic E-state index is -0.441. The van der Waals surface area contributed by atoms with Gasteiger partial charge in [-0.05, 0) is 37.5 Å². The molecule has 0 bridgehead atoms.